The third-order valence-corrected chi connectivity index (χ3v) is 9.01. The Bertz CT molecular complexity index is 1840. The molecule has 1 aliphatic carbocycles. The van der Waals surface area contributed by atoms with Crippen LogP contribution in [0.2, 0.25) is 5.02 Å². The molecule has 0 aliphatic heterocycles. The van der Waals surface area contributed by atoms with Gasteiger partial charge in [0.25, 0.3) is 0 Å². The minimum Gasteiger partial charge on any atom is -0.0843 e. The maximum Gasteiger partial charge on any atom is 0.0720 e. The van der Waals surface area contributed by atoms with Crippen LogP contribution in [0, 0.1) is 0 Å². The zero-order valence-electron chi connectivity index (χ0n) is 24.2. The number of hydrogen-bond donors (Lipinski definition) is 0. The van der Waals surface area contributed by atoms with Gasteiger partial charge in [0, 0.05) is 5.02 Å². The summed E-state index contributed by atoms with van der Waals surface area (Å²) in [5.74, 6) is 0. The molecule has 7 rings (SSSR count). The second kappa shape index (κ2) is 10.2. The molecule has 0 spiro atoms. The van der Waals surface area contributed by atoms with Gasteiger partial charge in [0.05, 0.1) is 5.41 Å². The van der Waals surface area contributed by atoms with Gasteiger partial charge in [-0.15, -0.1) is 0 Å². The number of halogens is 1. The largest absolute Gasteiger partial charge is 0.0843 e. The Labute approximate surface area is 254 Å². The molecule has 0 fully saturated rings. The van der Waals surface area contributed by atoms with Gasteiger partial charge in [0.1, 0.15) is 0 Å². The summed E-state index contributed by atoms with van der Waals surface area (Å²) >= 11 is 6.80. The minimum atomic E-state index is -0.530. The van der Waals surface area contributed by atoms with E-state index in [-0.39, 0.29) is 5.41 Å². The summed E-state index contributed by atoms with van der Waals surface area (Å²) in [6, 6.07) is 53.0. The smallest absolute Gasteiger partial charge is 0.0720 e. The highest BCUT2D eigenvalue weighted by Gasteiger charge is 2.48. The molecule has 0 N–H and O–H groups in total. The molecule has 0 heterocycles. The van der Waals surface area contributed by atoms with Crippen LogP contribution in [0.4, 0.5) is 0 Å². The lowest BCUT2D eigenvalue weighted by Crippen LogP contribution is -2.29. The van der Waals surface area contributed by atoms with E-state index in [9.17, 15) is 0 Å². The van der Waals surface area contributed by atoms with E-state index in [0.717, 1.165) is 5.02 Å². The Morgan fingerprint density at radius 3 is 1.60 bits per heavy atom. The minimum absolute atomic E-state index is 0.106. The van der Waals surface area contributed by atoms with Gasteiger partial charge in [-0.25, -0.2) is 0 Å². The first-order valence-corrected chi connectivity index (χ1v) is 15.0. The van der Waals surface area contributed by atoms with Crippen molar-refractivity contribution in [2.24, 2.45) is 0 Å². The number of fused-ring (bicyclic) bond motifs is 3. The van der Waals surface area contributed by atoms with E-state index < -0.39 is 5.41 Å². The van der Waals surface area contributed by atoms with E-state index in [0.29, 0.717) is 0 Å². The Hall–Kier alpha value is -4.39. The van der Waals surface area contributed by atoms with Crippen molar-refractivity contribution in [1.29, 1.82) is 0 Å². The van der Waals surface area contributed by atoms with E-state index in [1.54, 1.807) is 0 Å². The van der Waals surface area contributed by atoms with Crippen LogP contribution in [0.15, 0.2) is 146 Å². The van der Waals surface area contributed by atoms with Crippen molar-refractivity contribution in [2.45, 2.75) is 31.6 Å². The molecule has 0 saturated heterocycles. The number of hydrogen-bond acceptors (Lipinski definition) is 0. The summed E-state index contributed by atoms with van der Waals surface area (Å²) in [6.45, 7) is 6.79. The van der Waals surface area contributed by atoms with Gasteiger partial charge in [0.15, 0.2) is 0 Å². The van der Waals surface area contributed by atoms with Crippen LogP contribution >= 0.6 is 11.6 Å². The lowest BCUT2D eigenvalue weighted by Gasteiger charge is -2.35. The molecule has 0 nitrogen and oxygen atoms in total. The first-order chi connectivity index (χ1) is 20.4. The van der Waals surface area contributed by atoms with E-state index in [2.05, 4.69) is 160 Å². The predicted octanol–water partition coefficient (Wildman–Crippen LogP) is 11.3. The summed E-state index contributed by atoms with van der Waals surface area (Å²) in [7, 11) is 0. The van der Waals surface area contributed by atoms with Crippen LogP contribution in [0.5, 0.6) is 0 Å². The Balaban J connectivity index is 1.62. The van der Waals surface area contributed by atoms with Gasteiger partial charge in [-0.2, -0.15) is 0 Å². The predicted molar refractivity (Wildman–Crippen MR) is 178 cm³/mol. The number of rotatable bonds is 4. The van der Waals surface area contributed by atoms with Crippen molar-refractivity contribution in [2.75, 3.05) is 0 Å². The molecule has 0 saturated carbocycles. The van der Waals surface area contributed by atoms with Crippen molar-refractivity contribution >= 4 is 11.6 Å². The average molecular weight is 561 g/mol. The SMILES string of the molecule is CC(C)(C)c1ccc(-c2cc(-c3ccccc3)c3c(c2)-c2ccc(Cl)cc2C3(c2ccccc2)c2ccccc2)cc1. The van der Waals surface area contributed by atoms with Gasteiger partial charge >= 0.3 is 0 Å². The molecule has 0 radical (unpaired) electrons. The zero-order valence-corrected chi connectivity index (χ0v) is 25.0. The molecule has 42 heavy (non-hydrogen) atoms. The second-order valence-electron chi connectivity index (χ2n) is 12.3. The summed E-state index contributed by atoms with van der Waals surface area (Å²) in [4.78, 5) is 0. The fraction of sp³-hybridized carbons (Fsp3) is 0.122. The highest BCUT2D eigenvalue weighted by molar-refractivity contribution is 6.30. The lowest BCUT2D eigenvalue weighted by molar-refractivity contribution is 0.590. The van der Waals surface area contributed by atoms with Gasteiger partial charge < -0.3 is 0 Å². The van der Waals surface area contributed by atoms with Crippen LogP contribution in [-0.2, 0) is 10.8 Å². The maximum atomic E-state index is 6.80. The molecule has 0 atom stereocenters. The van der Waals surface area contributed by atoms with E-state index >= 15 is 0 Å². The van der Waals surface area contributed by atoms with Crippen molar-refractivity contribution < 1.29 is 0 Å². The first kappa shape index (κ1) is 26.5. The third-order valence-electron chi connectivity index (χ3n) is 8.77. The molecular weight excluding hydrogens is 528 g/mol. The molecule has 1 aliphatic rings. The standard InChI is InChI=1S/C41H33Cl/c1-40(2,3)31-21-19-28(20-22-31)30-25-36(29-13-7-4-8-14-29)39-37(26-30)35-24-23-34(42)27-38(35)41(39,32-15-9-5-10-16-32)33-17-11-6-12-18-33/h4-27H,1-3H3. The molecule has 0 amide bonds. The molecule has 6 aromatic rings. The van der Waals surface area contributed by atoms with Crippen LogP contribution in [-0.4, -0.2) is 0 Å². The third kappa shape index (κ3) is 4.21. The lowest BCUT2D eigenvalue weighted by atomic mass is 9.66. The molecule has 1 heteroatoms. The fourth-order valence-electron chi connectivity index (χ4n) is 6.77. The highest BCUT2D eigenvalue weighted by atomic mass is 35.5. The number of benzene rings is 6. The molecule has 6 aromatic carbocycles. The van der Waals surface area contributed by atoms with Crippen LogP contribution in [0.3, 0.4) is 0 Å². The second-order valence-corrected chi connectivity index (χ2v) is 12.7. The Morgan fingerprint density at radius 1 is 0.476 bits per heavy atom. The van der Waals surface area contributed by atoms with Crippen molar-refractivity contribution in [3.63, 3.8) is 0 Å². The van der Waals surface area contributed by atoms with E-state index in [4.69, 9.17) is 11.6 Å². The highest BCUT2D eigenvalue weighted by Crippen LogP contribution is 2.59. The van der Waals surface area contributed by atoms with Crippen LogP contribution in [0.25, 0.3) is 33.4 Å². The Kier molecular flexibility index (Phi) is 6.41. The molecule has 0 unspecified atom stereocenters. The maximum absolute atomic E-state index is 6.80. The molecule has 0 aromatic heterocycles. The Morgan fingerprint density at radius 2 is 1.02 bits per heavy atom. The molecule has 0 bridgehead atoms. The summed E-state index contributed by atoms with van der Waals surface area (Å²) in [5.41, 5.74) is 13.3. The first-order valence-electron chi connectivity index (χ1n) is 14.6. The van der Waals surface area contributed by atoms with Crippen LogP contribution < -0.4 is 0 Å². The summed E-state index contributed by atoms with van der Waals surface area (Å²) in [5, 5.41) is 0.747. The molecule has 204 valence electrons. The monoisotopic (exact) mass is 560 g/mol. The van der Waals surface area contributed by atoms with Gasteiger partial charge in [-0.3, -0.25) is 0 Å². The van der Waals surface area contributed by atoms with E-state index in [1.807, 2.05) is 6.07 Å². The molecular formula is C41H33Cl. The van der Waals surface area contributed by atoms with Gasteiger partial charge in [-0.05, 0) is 90.9 Å². The van der Waals surface area contributed by atoms with Crippen molar-refractivity contribution in [3.05, 3.63) is 178 Å². The van der Waals surface area contributed by atoms with Crippen molar-refractivity contribution in [3.8, 4) is 33.4 Å². The normalized spacial score (nSPS) is 13.4. The average Bonchev–Trinajstić information content (AvgIpc) is 3.31. The van der Waals surface area contributed by atoms with Crippen molar-refractivity contribution in [1.82, 2.24) is 0 Å². The summed E-state index contributed by atoms with van der Waals surface area (Å²) in [6.07, 6.45) is 0. The van der Waals surface area contributed by atoms with Gasteiger partial charge in [-0.1, -0.05) is 154 Å². The van der Waals surface area contributed by atoms with E-state index in [1.165, 1.54) is 61.2 Å². The van der Waals surface area contributed by atoms with Gasteiger partial charge in [0.2, 0.25) is 0 Å². The fourth-order valence-corrected chi connectivity index (χ4v) is 6.94. The summed E-state index contributed by atoms with van der Waals surface area (Å²) < 4.78 is 0. The topological polar surface area (TPSA) is 0 Å². The zero-order chi connectivity index (χ0) is 28.9. The van der Waals surface area contributed by atoms with Crippen LogP contribution in [0.1, 0.15) is 48.6 Å². The quantitative estimate of drug-likeness (QED) is 0.201.